The lowest BCUT2D eigenvalue weighted by atomic mass is 10.0. The molecular formula is C19H21FN4O3. The molecule has 0 unspecified atom stereocenters. The zero-order valence-corrected chi connectivity index (χ0v) is 15.1. The zero-order chi connectivity index (χ0) is 18.9. The molecule has 1 N–H and O–H groups in total. The Labute approximate surface area is 156 Å². The molecule has 2 aliphatic heterocycles. The topological polar surface area (TPSA) is 76.6 Å². The number of benzene rings is 1. The normalized spacial score (nSPS) is 18.7. The van der Waals surface area contributed by atoms with Crippen LogP contribution in [-0.2, 0) is 9.47 Å². The Morgan fingerprint density at radius 3 is 2.63 bits per heavy atom. The Bertz CT molecular complexity index is 845. The van der Waals surface area contributed by atoms with E-state index in [1.165, 1.54) is 12.1 Å². The number of nitrogens with one attached hydrogen (secondary N) is 1. The highest BCUT2D eigenvalue weighted by Crippen LogP contribution is 2.32. The summed E-state index contributed by atoms with van der Waals surface area (Å²) in [5.41, 5.74) is 1.32. The van der Waals surface area contributed by atoms with Crippen LogP contribution in [0.1, 0.15) is 29.0 Å². The van der Waals surface area contributed by atoms with Gasteiger partial charge in [-0.15, -0.1) is 0 Å². The van der Waals surface area contributed by atoms with Crippen molar-refractivity contribution in [2.75, 3.05) is 36.5 Å². The molecule has 2 saturated heterocycles. The number of hydrogen-bond donors (Lipinski definition) is 1. The van der Waals surface area contributed by atoms with E-state index < -0.39 is 17.5 Å². The van der Waals surface area contributed by atoms with Gasteiger partial charge in [0.15, 0.2) is 5.79 Å². The Morgan fingerprint density at radius 2 is 1.93 bits per heavy atom. The van der Waals surface area contributed by atoms with Crippen LogP contribution in [0.4, 0.5) is 16.0 Å². The summed E-state index contributed by atoms with van der Waals surface area (Å²) in [4.78, 5) is 23.5. The molecule has 1 aromatic carbocycles. The minimum absolute atomic E-state index is 0.246. The highest BCUT2D eigenvalue weighted by atomic mass is 19.1. The van der Waals surface area contributed by atoms with Crippen molar-refractivity contribution in [2.45, 2.75) is 25.6 Å². The van der Waals surface area contributed by atoms with Crippen molar-refractivity contribution in [3.63, 3.8) is 0 Å². The van der Waals surface area contributed by atoms with Gasteiger partial charge in [0.05, 0.1) is 13.2 Å². The second-order valence-electron chi connectivity index (χ2n) is 6.75. The van der Waals surface area contributed by atoms with Crippen LogP contribution in [0.25, 0.3) is 0 Å². The van der Waals surface area contributed by atoms with Crippen molar-refractivity contribution in [1.82, 2.24) is 9.97 Å². The number of anilines is 2. The number of rotatable bonds is 3. The lowest BCUT2D eigenvalue weighted by molar-refractivity contribution is -0.169. The SMILES string of the molecule is Cc1cc(C(=O)Nc2cccc(F)c2)nc(N2CCC3(CC2)OCCO3)n1. The van der Waals surface area contributed by atoms with Gasteiger partial charge in [0.25, 0.3) is 5.91 Å². The fraction of sp³-hybridized carbons (Fsp3) is 0.421. The predicted molar refractivity (Wildman–Crippen MR) is 97.2 cm³/mol. The van der Waals surface area contributed by atoms with Crippen LogP contribution >= 0.6 is 0 Å². The van der Waals surface area contributed by atoms with E-state index in [2.05, 4.69) is 15.3 Å². The number of aryl methyl sites for hydroxylation is 1. The number of amides is 1. The third-order valence-corrected chi connectivity index (χ3v) is 4.78. The van der Waals surface area contributed by atoms with E-state index in [1.807, 2.05) is 11.8 Å². The standard InChI is InChI=1S/C19H21FN4O3/c1-13-11-16(17(25)22-15-4-2-3-14(20)12-15)23-18(21-13)24-7-5-19(6-8-24)26-9-10-27-19/h2-4,11-12H,5-10H2,1H3,(H,22,25). The molecule has 27 heavy (non-hydrogen) atoms. The van der Waals surface area contributed by atoms with Crippen LogP contribution < -0.4 is 10.2 Å². The molecule has 7 nitrogen and oxygen atoms in total. The number of halogens is 1. The Kier molecular flexibility index (Phi) is 4.75. The van der Waals surface area contributed by atoms with Gasteiger partial charge in [-0.05, 0) is 31.2 Å². The van der Waals surface area contributed by atoms with Gasteiger partial charge in [0.2, 0.25) is 5.95 Å². The van der Waals surface area contributed by atoms with Gasteiger partial charge in [-0.3, -0.25) is 4.79 Å². The number of hydrogen-bond acceptors (Lipinski definition) is 6. The summed E-state index contributed by atoms with van der Waals surface area (Å²) in [6, 6.07) is 7.37. The molecule has 2 aromatic rings. The molecule has 0 radical (unpaired) electrons. The number of carbonyl (C=O) groups excluding carboxylic acids is 1. The Hall–Kier alpha value is -2.58. The maximum atomic E-state index is 13.3. The van der Waals surface area contributed by atoms with Gasteiger partial charge in [-0.1, -0.05) is 6.07 Å². The first-order valence-electron chi connectivity index (χ1n) is 8.99. The minimum atomic E-state index is -0.474. The maximum Gasteiger partial charge on any atom is 0.274 e. The summed E-state index contributed by atoms with van der Waals surface area (Å²) in [5.74, 6) is -0.778. The fourth-order valence-corrected chi connectivity index (χ4v) is 3.41. The summed E-state index contributed by atoms with van der Waals surface area (Å²) >= 11 is 0. The van der Waals surface area contributed by atoms with E-state index in [4.69, 9.17) is 9.47 Å². The van der Waals surface area contributed by atoms with E-state index in [1.54, 1.807) is 18.2 Å². The predicted octanol–water partition coefficient (Wildman–Crippen LogP) is 2.52. The summed E-state index contributed by atoms with van der Waals surface area (Å²) < 4.78 is 24.8. The molecule has 0 bridgehead atoms. The van der Waals surface area contributed by atoms with E-state index in [0.29, 0.717) is 43.6 Å². The van der Waals surface area contributed by atoms with Crippen molar-refractivity contribution in [1.29, 1.82) is 0 Å². The van der Waals surface area contributed by atoms with Crippen LogP contribution in [-0.4, -0.2) is 48.0 Å². The van der Waals surface area contributed by atoms with Gasteiger partial charge < -0.3 is 19.7 Å². The van der Waals surface area contributed by atoms with Crippen molar-refractivity contribution in [2.24, 2.45) is 0 Å². The van der Waals surface area contributed by atoms with Gasteiger partial charge in [-0.25, -0.2) is 14.4 Å². The third-order valence-electron chi connectivity index (χ3n) is 4.78. The van der Waals surface area contributed by atoms with E-state index in [-0.39, 0.29) is 5.69 Å². The summed E-state index contributed by atoms with van der Waals surface area (Å²) in [7, 11) is 0. The smallest absolute Gasteiger partial charge is 0.274 e. The number of nitrogens with zero attached hydrogens (tertiary/aromatic N) is 3. The molecule has 1 amide bonds. The zero-order valence-electron chi connectivity index (χ0n) is 15.1. The molecule has 0 aliphatic carbocycles. The largest absolute Gasteiger partial charge is 0.347 e. The molecule has 4 rings (SSSR count). The first-order valence-corrected chi connectivity index (χ1v) is 8.99. The molecule has 142 valence electrons. The number of piperidine rings is 1. The first kappa shape index (κ1) is 17.8. The average Bonchev–Trinajstić information content (AvgIpc) is 3.10. The van der Waals surface area contributed by atoms with E-state index >= 15 is 0 Å². The van der Waals surface area contributed by atoms with Crippen molar-refractivity contribution < 1.29 is 18.7 Å². The highest BCUT2D eigenvalue weighted by molar-refractivity contribution is 6.03. The molecule has 1 aromatic heterocycles. The molecule has 3 heterocycles. The van der Waals surface area contributed by atoms with Crippen LogP contribution in [0.5, 0.6) is 0 Å². The fourth-order valence-electron chi connectivity index (χ4n) is 3.41. The molecule has 2 aliphatic rings. The van der Waals surface area contributed by atoms with Crippen LogP contribution in [0.3, 0.4) is 0 Å². The molecule has 1 spiro atoms. The molecular weight excluding hydrogens is 351 g/mol. The highest BCUT2D eigenvalue weighted by Gasteiger charge is 2.40. The monoisotopic (exact) mass is 372 g/mol. The molecule has 8 heteroatoms. The van der Waals surface area contributed by atoms with Crippen LogP contribution in [0.2, 0.25) is 0 Å². The maximum absolute atomic E-state index is 13.3. The number of ether oxygens (including phenoxy) is 2. The molecule has 2 fully saturated rings. The Morgan fingerprint density at radius 1 is 1.19 bits per heavy atom. The van der Waals surface area contributed by atoms with Crippen molar-refractivity contribution in [3.05, 3.63) is 47.5 Å². The molecule has 0 saturated carbocycles. The molecule has 0 atom stereocenters. The second-order valence-corrected chi connectivity index (χ2v) is 6.75. The van der Waals surface area contributed by atoms with Gasteiger partial charge >= 0.3 is 0 Å². The third kappa shape index (κ3) is 3.91. The van der Waals surface area contributed by atoms with Gasteiger partial charge in [0.1, 0.15) is 11.5 Å². The summed E-state index contributed by atoms with van der Waals surface area (Å²) in [6.07, 6.45) is 1.46. The van der Waals surface area contributed by atoms with Crippen LogP contribution in [0, 0.1) is 12.7 Å². The number of carbonyl (C=O) groups is 1. The summed E-state index contributed by atoms with van der Waals surface area (Å²) in [5, 5.41) is 2.67. The van der Waals surface area contributed by atoms with Crippen molar-refractivity contribution >= 4 is 17.5 Å². The van der Waals surface area contributed by atoms with E-state index in [9.17, 15) is 9.18 Å². The van der Waals surface area contributed by atoms with Gasteiger partial charge in [0, 0.05) is 37.3 Å². The van der Waals surface area contributed by atoms with Crippen molar-refractivity contribution in [3.8, 4) is 0 Å². The minimum Gasteiger partial charge on any atom is -0.347 e. The lowest BCUT2D eigenvalue weighted by Crippen LogP contribution is -2.45. The average molecular weight is 372 g/mol. The first-order chi connectivity index (χ1) is 13.0. The Balaban J connectivity index is 1.49. The number of aromatic nitrogens is 2. The van der Waals surface area contributed by atoms with Gasteiger partial charge in [-0.2, -0.15) is 0 Å². The quantitative estimate of drug-likeness (QED) is 0.892. The second kappa shape index (κ2) is 7.21. The summed E-state index contributed by atoms with van der Waals surface area (Å²) in [6.45, 7) is 4.46. The lowest BCUT2D eigenvalue weighted by Gasteiger charge is -2.37. The van der Waals surface area contributed by atoms with E-state index in [0.717, 1.165) is 12.8 Å². The van der Waals surface area contributed by atoms with Crippen LogP contribution in [0.15, 0.2) is 30.3 Å².